The van der Waals surface area contributed by atoms with Gasteiger partial charge in [-0.3, -0.25) is 4.79 Å². The molecule has 0 aliphatic carbocycles. The highest BCUT2D eigenvalue weighted by Gasteiger charge is 2.14. The summed E-state index contributed by atoms with van der Waals surface area (Å²) < 4.78 is 7.77. The van der Waals surface area contributed by atoms with Crippen molar-refractivity contribution in [1.82, 2.24) is 15.1 Å². The summed E-state index contributed by atoms with van der Waals surface area (Å²) in [5.41, 5.74) is 1.14. The summed E-state index contributed by atoms with van der Waals surface area (Å²) in [7, 11) is 3.10. The van der Waals surface area contributed by atoms with E-state index in [4.69, 9.17) is 4.74 Å². The van der Waals surface area contributed by atoms with Crippen LogP contribution in [0.25, 0.3) is 5.69 Å². The first-order valence-electron chi connectivity index (χ1n) is 5.28. The number of benzene rings is 1. The fourth-order valence-electron chi connectivity index (χ4n) is 1.52. The van der Waals surface area contributed by atoms with Gasteiger partial charge in [-0.2, -0.15) is 5.10 Å². The Hall–Kier alpha value is -1.82. The molecule has 0 spiro atoms. The first kappa shape index (κ1) is 12.6. The number of methoxy groups -OCH3 is 1. The van der Waals surface area contributed by atoms with Gasteiger partial charge < -0.3 is 10.1 Å². The van der Waals surface area contributed by atoms with Gasteiger partial charge in [-0.1, -0.05) is 15.9 Å². The van der Waals surface area contributed by atoms with Crippen molar-refractivity contribution in [2.75, 3.05) is 14.2 Å². The van der Waals surface area contributed by atoms with Gasteiger partial charge in [-0.05, 0) is 24.3 Å². The van der Waals surface area contributed by atoms with Gasteiger partial charge in [0.25, 0.3) is 5.91 Å². The van der Waals surface area contributed by atoms with E-state index in [-0.39, 0.29) is 5.91 Å². The lowest BCUT2D eigenvalue weighted by Gasteiger charge is -2.05. The number of hydrogen-bond acceptors (Lipinski definition) is 3. The van der Waals surface area contributed by atoms with Crippen molar-refractivity contribution in [2.45, 2.75) is 0 Å². The second-order valence-electron chi connectivity index (χ2n) is 3.54. The van der Waals surface area contributed by atoms with Crippen LogP contribution in [0.4, 0.5) is 0 Å². The maximum Gasteiger partial charge on any atom is 0.271 e. The molecule has 94 valence electrons. The van der Waals surface area contributed by atoms with Gasteiger partial charge in [0.05, 0.1) is 12.8 Å². The molecule has 2 aromatic rings. The Kier molecular flexibility index (Phi) is 3.66. The number of nitrogens with zero attached hydrogens (tertiary/aromatic N) is 2. The number of hydrogen-bond donors (Lipinski definition) is 1. The van der Waals surface area contributed by atoms with Crippen LogP contribution >= 0.6 is 15.9 Å². The number of carbonyl (C=O) groups excluding carboxylic acids is 1. The van der Waals surface area contributed by atoms with E-state index in [1.807, 2.05) is 24.3 Å². The quantitative estimate of drug-likeness (QED) is 0.943. The zero-order valence-electron chi connectivity index (χ0n) is 9.98. The van der Waals surface area contributed by atoms with Crippen molar-refractivity contribution in [2.24, 2.45) is 0 Å². The van der Waals surface area contributed by atoms with Gasteiger partial charge in [-0.15, -0.1) is 0 Å². The van der Waals surface area contributed by atoms with Crippen LogP contribution in [0.15, 0.2) is 34.8 Å². The second kappa shape index (κ2) is 5.22. The zero-order chi connectivity index (χ0) is 13.1. The normalized spacial score (nSPS) is 10.2. The van der Waals surface area contributed by atoms with E-state index in [9.17, 15) is 4.79 Å². The van der Waals surface area contributed by atoms with E-state index in [1.54, 1.807) is 24.9 Å². The summed E-state index contributed by atoms with van der Waals surface area (Å²) in [4.78, 5) is 11.5. The van der Waals surface area contributed by atoms with E-state index < -0.39 is 0 Å². The minimum absolute atomic E-state index is 0.246. The molecule has 0 saturated carbocycles. The Labute approximate surface area is 113 Å². The molecule has 1 amide bonds. The lowest BCUT2D eigenvalue weighted by molar-refractivity contribution is 0.0957. The van der Waals surface area contributed by atoms with Gasteiger partial charge in [0, 0.05) is 17.6 Å². The molecule has 1 aromatic heterocycles. The number of halogens is 1. The standard InChI is InChI=1S/C12H12BrN3O2/c1-14-12(17)10-7-11(18-2)16(15-10)9-5-3-8(13)4-6-9/h3-7H,1-2H3,(H,14,17). The van der Waals surface area contributed by atoms with Crippen LogP contribution in [0.2, 0.25) is 0 Å². The first-order valence-corrected chi connectivity index (χ1v) is 6.07. The molecule has 0 fully saturated rings. The number of carbonyl (C=O) groups is 1. The van der Waals surface area contributed by atoms with E-state index in [0.29, 0.717) is 11.6 Å². The predicted octanol–water partition coefficient (Wildman–Crippen LogP) is 2.00. The van der Waals surface area contributed by atoms with Crippen LogP contribution < -0.4 is 10.1 Å². The van der Waals surface area contributed by atoms with E-state index in [0.717, 1.165) is 10.2 Å². The van der Waals surface area contributed by atoms with Crippen molar-refractivity contribution in [1.29, 1.82) is 0 Å². The Morgan fingerprint density at radius 3 is 2.61 bits per heavy atom. The summed E-state index contributed by atoms with van der Waals surface area (Å²) in [6, 6.07) is 9.16. The van der Waals surface area contributed by atoms with Gasteiger partial charge in [-0.25, -0.2) is 4.68 Å². The molecule has 6 heteroatoms. The molecule has 0 aliphatic heterocycles. The molecule has 0 radical (unpaired) electrons. The highest BCUT2D eigenvalue weighted by atomic mass is 79.9. The van der Waals surface area contributed by atoms with Gasteiger partial charge in [0.1, 0.15) is 0 Å². The minimum atomic E-state index is -0.246. The molecule has 5 nitrogen and oxygen atoms in total. The third kappa shape index (κ3) is 2.38. The average molecular weight is 310 g/mol. The van der Waals surface area contributed by atoms with Crippen molar-refractivity contribution in [3.63, 3.8) is 0 Å². The van der Waals surface area contributed by atoms with Crippen molar-refractivity contribution in [3.05, 3.63) is 40.5 Å². The summed E-state index contributed by atoms with van der Waals surface area (Å²) >= 11 is 3.37. The van der Waals surface area contributed by atoms with Crippen LogP contribution in [0, 0.1) is 0 Å². The lowest BCUT2D eigenvalue weighted by atomic mass is 10.3. The molecular formula is C12H12BrN3O2. The summed E-state index contributed by atoms with van der Waals surface area (Å²) in [6.45, 7) is 0. The molecule has 2 rings (SSSR count). The van der Waals surface area contributed by atoms with Crippen LogP contribution in [0.5, 0.6) is 5.88 Å². The number of nitrogens with one attached hydrogen (secondary N) is 1. The Morgan fingerprint density at radius 1 is 1.39 bits per heavy atom. The van der Waals surface area contributed by atoms with Gasteiger partial charge in [0.2, 0.25) is 5.88 Å². The SMILES string of the molecule is CNC(=O)c1cc(OC)n(-c2ccc(Br)cc2)n1. The molecule has 0 unspecified atom stereocenters. The van der Waals surface area contributed by atoms with Crippen LogP contribution in [-0.4, -0.2) is 29.8 Å². The number of rotatable bonds is 3. The third-order valence-corrected chi connectivity index (χ3v) is 2.95. The molecule has 0 saturated heterocycles. The maximum atomic E-state index is 11.5. The minimum Gasteiger partial charge on any atom is -0.481 e. The van der Waals surface area contributed by atoms with Crippen molar-refractivity contribution in [3.8, 4) is 11.6 Å². The zero-order valence-corrected chi connectivity index (χ0v) is 11.6. The lowest BCUT2D eigenvalue weighted by Crippen LogP contribution is -2.18. The van der Waals surface area contributed by atoms with E-state index in [2.05, 4.69) is 26.3 Å². The molecular weight excluding hydrogens is 298 g/mol. The monoisotopic (exact) mass is 309 g/mol. The number of amides is 1. The van der Waals surface area contributed by atoms with Crippen molar-refractivity contribution < 1.29 is 9.53 Å². The van der Waals surface area contributed by atoms with E-state index >= 15 is 0 Å². The second-order valence-corrected chi connectivity index (χ2v) is 4.45. The highest BCUT2D eigenvalue weighted by Crippen LogP contribution is 2.20. The van der Waals surface area contributed by atoms with Crippen LogP contribution in [-0.2, 0) is 0 Å². The molecule has 0 aliphatic rings. The molecule has 18 heavy (non-hydrogen) atoms. The Morgan fingerprint density at radius 2 is 2.06 bits per heavy atom. The Bertz CT molecular complexity index is 563. The number of aromatic nitrogens is 2. The Balaban J connectivity index is 2.46. The largest absolute Gasteiger partial charge is 0.481 e. The van der Waals surface area contributed by atoms with Crippen LogP contribution in [0.3, 0.4) is 0 Å². The molecule has 0 bridgehead atoms. The van der Waals surface area contributed by atoms with Crippen molar-refractivity contribution >= 4 is 21.8 Å². The molecule has 0 atom stereocenters. The van der Waals surface area contributed by atoms with Gasteiger partial charge >= 0.3 is 0 Å². The molecule has 1 heterocycles. The average Bonchev–Trinajstić information content (AvgIpc) is 2.83. The third-order valence-electron chi connectivity index (χ3n) is 2.42. The van der Waals surface area contributed by atoms with Crippen LogP contribution in [0.1, 0.15) is 10.5 Å². The molecule has 1 N–H and O–H groups in total. The predicted molar refractivity (Wildman–Crippen MR) is 71.2 cm³/mol. The fourth-order valence-corrected chi connectivity index (χ4v) is 1.78. The maximum absolute atomic E-state index is 11.5. The highest BCUT2D eigenvalue weighted by molar-refractivity contribution is 9.10. The molecule has 1 aromatic carbocycles. The summed E-state index contributed by atoms with van der Waals surface area (Å²) in [6.07, 6.45) is 0. The first-order chi connectivity index (χ1) is 8.65. The van der Waals surface area contributed by atoms with E-state index in [1.165, 1.54) is 0 Å². The summed E-state index contributed by atoms with van der Waals surface area (Å²) in [5, 5.41) is 6.74. The summed E-state index contributed by atoms with van der Waals surface area (Å²) in [5.74, 6) is 0.264. The fraction of sp³-hybridized carbons (Fsp3) is 0.167. The topological polar surface area (TPSA) is 56.1 Å². The smallest absolute Gasteiger partial charge is 0.271 e. The number of ether oxygens (including phenoxy) is 1. The van der Waals surface area contributed by atoms with Gasteiger partial charge in [0.15, 0.2) is 5.69 Å².